The summed E-state index contributed by atoms with van der Waals surface area (Å²) in [5.74, 6) is 0.839. The number of para-hydroxylation sites is 1. The van der Waals surface area contributed by atoms with Gasteiger partial charge < -0.3 is 9.84 Å². The van der Waals surface area contributed by atoms with Crippen LogP contribution < -0.4 is 14.8 Å². The van der Waals surface area contributed by atoms with Crippen LogP contribution in [0.3, 0.4) is 0 Å². The second-order valence-corrected chi connectivity index (χ2v) is 9.43. The van der Waals surface area contributed by atoms with E-state index in [1.807, 2.05) is 79.0 Å². The number of hydrogen-bond acceptors (Lipinski definition) is 7. The Bertz CT molecular complexity index is 1890. The SMILES string of the molecule is COc1ccc(-c2nn(-c3ccccc3)cc2/C=c2\sc3nc(/C=C/c4ccccc4)nn3c2=O)cc1O. The van der Waals surface area contributed by atoms with E-state index in [4.69, 9.17) is 9.84 Å². The van der Waals surface area contributed by atoms with Crippen molar-refractivity contribution in [3.05, 3.63) is 117 Å². The fourth-order valence-corrected chi connectivity index (χ4v) is 4.97. The van der Waals surface area contributed by atoms with Gasteiger partial charge in [-0.2, -0.15) is 14.6 Å². The van der Waals surface area contributed by atoms with Crippen LogP contribution in [-0.2, 0) is 0 Å². The number of aromatic nitrogens is 5. The van der Waals surface area contributed by atoms with E-state index in [2.05, 4.69) is 10.1 Å². The van der Waals surface area contributed by atoms with Gasteiger partial charge in [-0.05, 0) is 48.0 Å². The van der Waals surface area contributed by atoms with Crippen LogP contribution in [0.25, 0.3) is 40.1 Å². The molecule has 3 aromatic heterocycles. The van der Waals surface area contributed by atoms with Gasteiger partial charge in [0, 0.05) is 17.3 Å². The summed E-state index contributed by atoms with van der Waals surface area (Å²) in [5.41, 5.74) is 3.64. The van der Waals surface area contributed by atoms with Crippen LogP contribution >= 0.6 is 11.3 Å². The quantitative estimate of drug-likeness (QED) is 0.350. The fourth-order valence-electron chi connectivity index (χ4n) is 4.06. The molecule has 0 amide bonds. The number of hydrogen-bond donors (Lipinski definition) is 1. The lowest BCUT2D eigenvalue weighted by molar-refractivity contribution is 0.373. The lowest BCUT2D eigenvalue weighted by Gasteiger charge is -2.05. The van der Waals surface area contributed by atoms with Crippen molar-refractivity contribution in [2.45, 2.75) is 0 Å². The molecule has 0 unspecified atom stereocenters. The number of phenolic OH excluding ortho intramolecular Hbond substituents is 1. The van der Waals surface area contributed by atoms with Gasteiger partial charge in [0.1, 0.15) is 5.69 Å². The van der Waals surface area contributed by atoms with E-state index < -0.39 is 0 Å². The zero-order chi connectivity index (χ0) is 26.1. The highest BCUT2D eigenvalue weighted by atomic mass is 32.1. The van der Waals surface area contributed by atoms with Crippen LogP contribution in [-0.4, -0.2) is 36.6 Å². The smallest absolute Gasteiger partial charge is 0.291 e. The number of thiazole rings is 1. The minimum atomic E-state index is -0.257. The number of fused-ring (bicyclic) bond motifs is 1. The molecule has 0 radical (unpaired) electrons. The Balaban J connectivity index is 1.43. The second kappa shape index (κ2) is 9.79. The molecule has 0 saturated carbocycles. The van der Waals surface area contributed by atoms with E-state index >= 15 is 0 Å². The summed E-state index contributed by atoms with van der Waals surface area (Å²) in [6.07, 6.45) is 7.34. The van der Waals surface area contributed by atoms with Crippen molar-refractivity contribution in [2.75, 3.05) is 7.11 Å². The van der Waals surface area contributed by atoms with Crippen LogP contribution in [0.4, 0.5) is 0 Å². The maximum Gasteiger partial charge on any atom is 0.291 e. The van der Waals surface area contributed by atoms with Gasteiger partial charge in [0.05, 0.1) is 17.3 Å². The van der Waals surface area contributed by atoms with Crippen LogP contribution in [0.5, 0.6) is 11.5 Å². The molecule has 38 heavy (non-hydrogen) atoms. The molecule has 0 fully saturated rings. The van der Waals surface area contributed by atoms with E-state index in [0.717, 1.165) is 11.3 Å². The molecule has 9 heteroatoms. The zero-order valence-electron chi connectivity index (χ0n) is 20.2. The summed E-state index contributed by atoms with van der Waals surface area (Å²) in [6, 6.07) is 24.6. The van der Waals surface area contributed by atoms with Crippen molar-refractivity contribution < 1.29 is 9.84 Å². The third-order valence-corrected chi connectivity index (χ3v) is 6.88. The van der Waals surface area contributed by atoms with Crippen molar-refractivity contribution in [3.8, 4) is 28.4 Å². The Kier molecular flexibility index (Phi) is 6.03. The second-order valence-electron chi connectivity index (χ2n) is 8.42. The first-order valence-corrected chi connectivity index (χ1v) is 12.6. The lowest BCUT2D eigenvalue weighted by atomic mass is 10.1. The average Bonchev–Trinajstić information content (AvgIpc) is 3.63. The van der Waals surface area contributed by atoms with E-state index in [-0.39, 0.29) is 11.3 Å². The van der Waals surface area contributed by atoms with E-state index in [9.17, 15) is 9.90 Å². The van der Waals surface area contributed by atoms with Crippen molar-refractivity contribution in [3.63, 3.8) is 0 Å². The number of aromatic hydroxyl groups is 1. The Morgan fingerprint density at radius 2 is 1.71 bits per heavy atom. The van der Waals surface area contributed by atoms with Crippen LogP contribution in [0, 0.1) is 0 Å². The highest BCUT2D eigenvalue weighted by Gasteiger charge is 2.15. The van der Waals surface area contributed by atoms with Gasteiger partial charge in [-0.15, -0.1) is 5.10 Å². The first-order valence-electron chi connectivity index (χ1n) is 11.8. The highest BCUT2D eigenvalue weighted by Crippen LogP contribution is 2.33. The standard InChI is InChI=1S/C29H21N5O3S/c1-37-24-14-13-20(16-23(24)35)27-21(18-33(32-27)22-10-6-3-7-11-22)17-25-28(36)34-29(38-25)30-26(31-34)15-12-19-8-4-2-5-9-19/h2-18,35H,1H3/b15-12+,25-17-. The molecule has 6 rings (SSSR count). The van der Waals surface area contributed by atoms with Gasteiger partial charge in [-0.25, -0.2) is 4.68 Å². The Morgan fingerprint density at radius 3 is 2.42 bits per heavy atom. The third-order valence-electron chi connectivity index (χ3n) is 5.92. The largest absolute Gasteiger partial charge is 0.504 e. The van der Waals surface area contributed by atoms with Crippen molar-refractivity contribution in [2.24, 2.45) is 0 Å². The molecular weight excluding hydrogens is 498 g/mol. The summed E-state index contributed by atoms with van der Waals surface area (Å²) >= 11 is 1.26. The summed E-state index contributed by atoms with van der Waals surface area (Å²) in [6.45, 7) is 0. The molecule has 0 aliphatic carbocycles. The Hall–Kier alpha value is -5.02. The molecular formula is C29H21N5O3S. The summed E-state index contributed by atoms with van der Waals surface area (Å²) in [5, 5.41) is 19.5. The molecule has 0 spiro atoms. The Morgan fingerprint density at radius 1 is 0.947 bits per heavy atom. The monoisotopic (exact) mass is 519 g/mol. The lowest BCUT2D eigenvalue weighted by Crippen LogP contribution is -2.23. The van der Waals surface area contributed by atoms with Crippen molar-refractivity contribution in [1.82, 2.24) is 24.4 Å². The van der Waals surface area contributed by atoms with Gasteiger partial charge >= 0.3 is 0 Å². The molecule has 0 saturated heterocycles. The maximum absolute atomic E-state index is 13.2. The van der Waals surface area contributed by atoms with Gasteiger partial charge in [-0.3, -0.25) is 4.79 Å². The third kappa shape index (κ3) is 4.46. The van der Waals surface area contributed by atoms with Gasteiger partial charge in [0.25, 0.3) is 5.56 Å². The van der Waals surface area contributed by atoms with E-state index in [1.54, 1.807) is 29.0 Å². The summed E-state index contributed by atoms with van der Waals surface area (Å²) < 4.78 is 8.73. The first kappa shape index (κ1) is 23.4. The van der Waals surface area contributed by atoms with Crippen molar-refractivity contribution >= 4 is 34.5 Å². The van der Waals surface area contributed by atoms with Gasteiger partial charge in [0.15, 0.2) is 17.3 Å². The topological polar surface area (TPSA) is 94.5 Å². The van der Waals surface area contributed by atoms with Crippen LogP contribution in [0.1, 0.15) is 17.0 Å². The molecule has 3 heterocycles. The number of nitrogens with zero attached hydrogens (tertiary/aromatic N) is 5. The number of ether oxygens (including phenoxy) is 1. The number of methoxy groups -OCH3 is 1. The molecule has 8 nitrogen and oxygen atoms in total. The average molecular weight is 520 g/mol. The minimum absolute atomic E-state index is 0.00426. The first-order chi connectivity index (χ1) is 18.6. The molecule has 186 valence electrons. The molecule has 0 aliphatic heterocycles. The predicted molar refractivity (Wildman–Crippen MR) is 149 cm³/mol. The molecule has 1 N–H and O–H groups in total. The van der Waals surface area contributed by atoms with E-state index in [1.165, 1.54) is 23.0 Å². The summed E-state index contributed by atoms with van der Waals surface area (Å²) in [4.78, 5) is 18.2. The molecule has 3 aromatic carbocycles. The molecule has 0 atom stereocenters. The van der Waals surface area contributed by atoms with E-state index in [0.29, 0.717) is 37.9 Å². The minimum Gasteiger partial charge on any atom is -0.504 e. The molecule has 0 aliphatic rings. The summed E-state index contributed by atoms with van der Waals surface area (Å²) in [7, 11) is 1.50. The van der Waals surface area contributed by atoms with Crippen LogP contribution in [0.2, 0.25) is 0 Å². The van der Waals surface area contributed by atoms with Crippen LogP contribution in [0.15, 0.2) is 89.9 Å². The number of phenols is 1. The molecule has 0 bridgehead atoms. The highest BCUT2D eigenvalue weighted by molar-refractivity contribution is 7.15. The number of benzene rings is 3. The zero-order valence-corrected chi connectivity index (χ0v) is 21.0. The normalized spacial score (nSPS) is 12.1. The van der Waals surface area contributed by atoms with Gasteiger partial charge in [0.2, 0.25) is 4.96 Å². The van der Waals surface area contributed by atoms with Crippen molar-refractivity contribution in [1.29, 1.82) is 0 Å². The Labute approximate surface area is 221 Å². The molecule has 6 aromatic rings. The predicted octanol–water partition coefficient (Wildman–Crippen LogP) is 4.44. The maximum atomic E-state index is 13.2. The van der Waals surface area contributed by atoms with Gasteiger partial charge in [-0.1, -0.05) is 65.9 Å². The number of rotatable bonds is 6. The fraction of sp³-hybridized carbons (Fsp3) is 0.0345.